The summed E-state index contributed by atoms with van der Waals surface area (Å²) < 4.78 is 0.220. The highest BCUT2D eigenvalue weighted by molar-refractivity contribution is 7.17. The Kier molecular flexibility index (Phi) is 5.52. The van der Waals surface area contributed by atoms with E-state index in [0.29, 0.717) is 6.04 Å². The Balaban J connectivity index is 1.90. The van der Waals surface area contributed by atoms with Crippen LogP contribution < -0.4 is 0 Å². The summed E-state index contributed by atoms with van der Waals surface area (Å²) in [5.41, 5.74) is 0. The van der Waals surface area contributed by atoms with Crippen LogP contribution in [0.2, 0.25) is 4.47 Å². The van der Waals surface area contributed by atoms with Crippen molar-refractivity contribution in [3.8, 4) is 0 Å². The predicted octanol–water partition coefficient (Wildman–Crippen LogP) is 2.05. The molecule has 0 radical (unpaired) electrons. The number of nitrogens with zero attached hydrogens (tertiary/aromatic N) is 4. The molecule has 0 aromatic carbocycles. The first-order valence-corrected chi connectivity index (χ1v) is 8.18. The average molecular weight is 331 g/mol. The van der Waals surface area contributed by atoms with E-state index in [1.54, 1.807) is 11.9 Å². The number of hydrogen-bond acceptors (Lipinski definition) is 5. The first-order valence-electron chi connectivity index (χ1n) is 6.99. The molecule has 21 heavy (non-hydrogen) atoms. The first-order chi connectivity index (χ1) is 9.99. The fraction of sp³-hybridized carbons (Fsp3) is 0.692. The number of carbonyl (C=O) groups excluding carboxylic acids is 2. The summed E-state index contributed by atoms with van der Waals surface area (Å²) in [5, 5.41) is 7.50. The molecule has 0 N–H and O–H groups in total. The highest BCUT2D eigenvalue weighted by Crippen LogP contribution is 2.22. The standard InChI is InChI=1S/C13H19ClN4O2S/c1-17(12(20)11-15-16-13(14)21-11)8-10(19)18(2)9-6-4-3-5-7-9/h9H,3-8H2,1-2H3. The van der Waals surface area contributed by atoms with Gasteiger partial charge in [0.1, 0.15) is 0 Å². The fourth-order valence-corrected chi connectivity index (χ4v) is 3.34. The molecule has 1 aliphatic rings. The van der Waals surface area contributed by atoms with Crippen LogP contribution in [0.5, 0.6) is 0 Å². The maximum atomic E-state index is 12.3. The molecule has 1 saturated carbocycles. The molecule has 0 spiro atoms. The Morgan fingerprint density at radius 1 is 1.24 bits per heavy atom. The van der Waals surface area contributed by atoms with Crippen molar-refractivity contribution in [2.75, 3.05) is 20.6 Å². The van der Waals surface area contributed by atoms with Gasteiger partial charge in [0, 0.05) is 20.1 Å². The van der Waals surface area contributed by atoms with Gasteiger partial charge in [0.05, 0.1) is 6.54 Å². The lowest BCUT2D eigenvalue weighted by atomic mass is 9.94. The van der Waals surface area contributed by atoms with Crippen molar-refractivity contribution in [3.63, 3.8) is 0 Å². The van der Waals surface area contributed by atoms with E-state index in [4.69, 9.17) is 11.6 Å². The van der Waals surface area contributed by atoms with Crippen molar-refractivity contribution in [1.82, 2.24) is 20.0 Å². The minimum absolute atomic E-state index is 0.0447. The van der Waals surface area contributed by atoms with Crippen molar-refractivity contribution >= 4 is 34.8 Å². The van der Waals surface area contributed by atoms with Crippen LogP contribution in [0.4, 0.5) is 0 Å². The van der Waals surface area contributed by atoms with Crippen LogP contribution in [-0.4, -0.2) is 58.5 Å². The van der Waals surface area contributed by atoms with Gasteiger partial charge >= 0.3 is 0 Å². The molecule has 1 aromatic heterocycles. The molecule has 0 unspecified atom stereocenters. The Bertz CT molecular complexity index is 516. The van der Waals surface area contributed by atoms with Crippen molar-refractivity contribution in [3.05, 3.63) is 9.47 Å². The Labute approximate surface area is 133 Å². The van der Waals surface area contributed by atoms with E-state index >= 15 is 0 Å². The molecule has 0 bridgehead atoms. The fourth-order valence-electron chi connectivity index (χ4n) is 2.51. The monoisotopic (exact) mass is 330 g/mol. The molecule has 6 nitrogen and oxygen atoms in total. The highest BCUT2D eigenvalue weighted by Gasteiger charge is 2.25. The summed E-state index contributed by atoms with van der Waals surface area (Å²) in [5.74, 6) is -0.377. The Hall–Kier alpha value is -1.21. The maximum Gasteiger partial charge on any atom is 0.285 e. The lowest BCUT2D eigenvalue weighted by Crippen LogP contribution is -2.44. The number of likely N-dealkylation sites (N-methyl/N-ethyl adjacent to an activating group) is 2. The summed E-state index contributed by atoms with van der Waals surface area (Å²) in [4.78, 5) is 27.5. The van der Waals surface area contributed by atoms with Gasteiger partial charge in [-0.1, -0.05) is 30.6 Å². The zero-order valence-electron chi connectivity index (χ0n) is 12.2. The maximum absolute atomic E-state index is 12.3. The normalized spacial score (nSPS) is 15.8. The van der Waals surface area contributed by atoms with Gasteiger partial charge in [-0.05, 0) is 24.4 Å². The van der Waals surface area contributed by atoms with Crippen LogP contribution >= 0.6 is 22.9 Å². The third kappa shape index (κ3) is 4.14. The molecule has 1 fully saturated rings. The summed E-state index contributed by atoms with van der Waals surface area (Å²) in [6.45, 7) is 0.0447. The summed E-state index contributed by atoms with van der Waals surface area (Å²) in [6, 6.07) is 0.297. The Morgan fingerprint density at radius 2 is 1.90 bits per heavy atom. The van der Waals surface area contributed by atoms with E-state index in [-0.39, 0.29) is 27.8 Å². The molecule has 0 aliphatic heterocycles. The van der Waals surface area contributed by atoms with E-state index < -0.39 is 0 Å². The van der Waals surface area contributed by atoms with Crippen molar-refractivity contribution in [2.45, 2.75) is 38.1 Å². The second kappa shape index (κ2) is 7.17. The molecular formula is C13H19ClN4O2S. The highest BCUT2D eigenvalue weighted by atomic mass is 35.5. The number of carbonyl (C=O) groups is 2. The van der Waals surface area contributed by atoms with Gasteiger partial charge in [-0.25, -0.2) is 0 Å². The lowest BCUT2D eigenvalue weighted by Gasteiger charge is -2.32. The van der Waals surface area contributed by atoms with E-state index in [2.05, 4.69) is 10.2 Å². The third-order valence-electron chi connectivity index (χ3n) is 3.82. The zero-order chi connectivity index (χ0) is 15.4. The number of hydrogen-bond donors (Lipinski definition) is 0. The van der Waals surface area contributed by atoms with Crippen LogP contribution in [0.1, 0.15) is 41.9 Å². The van der Waals surface area contributed by atoms with Crippen LogP contribution in [-0.2, 0) is 4.79 Å². The van der Waals surface area contributed by atoms with E-state index in [9.17, 15) is 9.59 Å². The largest absolute Gasteiger partial charge is 0.341 e. The number of aromatic nitrogens is 2. The molecule has 2 rings (SSSR count). The second-order valence-electron chi connectivity index (χ2n) is 5.32. The molecule has 1 aliphatic carbocycles. The van der Waals surface area contributed by atoms with E-state index in [1.807, 2.05) is 7.05 Å². The first kappa shape index (κ1) is 16.2. The van der Waals surface area contributed by atoms with Crippen LogP contribution in [0.25, 0.3) is 0 Å². The topological polar surface area (TPSA) is 66.4 Å². The van der Waals surface area contributed by atoms with Crippen LogP contribution in [0.3, 0.4) is 0 Å². The zero-order valence-corrected chi connectivity index (χ0v) is 13.8. The lowest BCUT2D eigenvalue weighted by molar-refractivity contribution is -0.133. The number of rotatable bonds is 4. The molecule has 0 saturated heterocycles. The van der Waals surface area contributed by atoms with Gasteiger partial charge in [0.2, 0.25) is 15.4 Å². The molecule has 0 atom stereocenters. The molecular weight excluding hydrogens is 312 g/mol. The molecule has 2 amide bonds. The molecule has 8 heteroatoms. The number of amides is 2. The van der Waals surface area contributed by atoms with Gasteiger partial charge in [0.15, 0.2) is 0 Å². The number of halogens is 1. The van der Waals surface area contributed by atoms with E-state index in [0.717, 1.165) is 24.2 Å². The minimum atomic E-state index is -0.329. The predicted molar refractivity (Wildman–Crippen MR) is 81.5 cm³/mol. The van der Waals surface area contributed by atoms with Crippen LogP contribution in [0.15, 0.2) is 0 Å². The van der Waals surface area contributed by atoms with Gasteiger partial charge < -0.3 is 9.80 Å². The Morgan fingerprint density at radius 3 is 2.48 bits per heavy atom. The van der Waals surface area contributed by atoms with Crippen molar-refractivity contribution in [2.24, 2.45) is 0 Å². The van der Waals surface area contributed by atoms with Gasteiger partial charge in [-0.2, -0.15) is 0 Å². The van der Waals surface area contributed by atoms with Crippen molar-refractivity contribution in [1.29, 1.82) is 0 Å². The van der Waals surface area contributed by atoms with Gasteiger partial charge in [-0.3, -0.25) is 9.59 Å². The van der Waals surface area contributed by atoms with Crippen LogP contribution in [0, 0.1) is 0 Å². The molecule has 1 heterocycles. The quantitative estimate of drug-likeness (QED) is 0.847. The van der Waals surface area contributed by atoms with Gasteiger partial charge in [-0.15, -0.1) is 10.2 Å². The minimum Gasteiger partial charge on any atom is -0.341 e. The molecule has 116 valence electrons. The third-order valence-corrected chi connectivity index (χ3v) is 4.82. The summed E-state index contributed by atoms with van der Waals surface area (Å²) >= 11 is 6.68. The van der Waals surface area contributed by atoms with E-state index in [1.165, 1.54) is 24.2 Å². The van der Waals surface area contributed by atoms with Crippen molar-refractivity contribution < 1.29 is 9.59 Å². The SMILES string of the molecule is CN(CC(=O)N(C)C1CCCCC1)C(=O)c1nnc(Cl)s1. The summed E-state index contributed by atoms with van der Waals surface area (Å²) in [6.07, 6.45) is 5.67. The average Bonchev–Trinajstić information content (AvgIpc) is 2.93. The second-order valence-corrected chi connectivity index (χ2v) is 6.88. The van der Waals surface area contributed by atoms with Gasteiger partial charge in [0.25, 0.3) is 5.91 Å². The smallest absolute Gasteiger partial charge is 0.285 e. The molecule has 1 aromatic rings. The summed E-state index contributed by atoms with van der Waals surface area (Å²) in [7, 11) is 3.41.